The number of hydrogen-bond acceptors (Lipinski definition) is 4. The molecule has 20 heavy (non-hydrogen) atoms. The Morgan fingerprint density at radius 1 is 1.35 bits per heavy atom. The van der Waals surface area contributed by atoms with Crippen LogP contribution in [0.5, 0.6) is 0 Å². The third-order valence-electron chi connectivity index (χ3n) is 3.54. The van der Waals surface area contributed by atoms with Gasteiger partial charge in [-0.05, 0) is 47.0 Å². The topological polar surface area (TPSA) is 47.0 Å². The highest BCUT2D eigenvalue weighted by molar-refractivity contribution is 9.10. The Kier molecular flexibility index (Phi) is 5.38. The zero-order valence-electron chi connectivity index (χ0n) is 12.7. The van der Waals surface area contributed by atoms with Gasteiger partial charge in [0.05, 0.1) is 10.2 Å². The fraction of sp³-hybridized carbons (Fsp3) is 0.733. The molecule has 0 radical (unpaired) electrons. The molecule has 0 amide bonds. The molecule has 112 valence electrons. The second-order valence-electron chi connectivity index (χ2n) is 5.70. The van der Waals surface area contributed by atoms with Crippen LogP contribution in [0.1, 0.15) is 63.6 Å². The maximum absolute atomic E-state index is 5.63. The van der Waals surface area contributed by atoms with Crippen LogP contribution in [0.3, 0.4) is 0 Å². The van der Waals surface area contributed by atoms with Gasteiger partial charge in [-0.15, -0.1) is 0 Å². The quantitative estimate of drug-likeness (QED) is 0.803. The lowest BCUT2D eigenvalue weighted by molar-refractivity contribution is 0.0770. The van der Waals surface area contributed by atoms with Gasteiger partial charge in [0.25, 0.3) is 0 Å². The highest BCUT2D eigenvalue weighted by Crippen LogP contribution is 2.43. The third-order valence-corrected chi connectivity index (χ3v) is 4.32. The van der Waals surface area contributed by atoms with Gasteiger partial charge in [0.1, 0.15) is 11.9 Å². The molecule has 1 atom stereocenters. The van der Waals surface area contributed by atoms with Crippen molar-refractivity contribution in [2.45, 2.75) is 52.1 Å². The van der Waals surface area contributed by atoms with Crippen LogP contribution in [0.25, 0.3) is 0 Å². The molecule has 0 saturated heterocycles. The van der Waals surface area contributed by atoms with E-state index in [2.05, 4.69) is 42.0 Å². The molecule has 1 fully saturated rings. The largest absolute Gasteiger partial charge is 0.373 e. The molecule has 1 saturated carbocycles. The van der Waals surface area contributed by atoms with Crippen LogP contribution < -0.4 is 5.32 Å². The second-order valence-corrected chi connectivity index (χ2v) is 6.50. The molecule has 1 heterocycles. The van der Waals surface area contributed by atoms with Crippen molar-refractivity contribution < 1.29 is 4.74 Å². The highest BCUT2D eigenvalue weighted by atomic mass is 79.9. The zero-order valence-corrected chi connectivity index (χ0v) is 14.3. The molecule has 1 aromatic heterocycles. The van der Waals surface area contributed by atoms with E-state index in [1.165, 1.54) is 12.8 Å². The van der Waals surface area contributed by atoms with Crippen LogP contribution in [0.15, 0.2) is 4.47 Å². The molecular formula is C15H24BrN3O. The SMILES string of the molecule is CCCNc1nc(C(OC)C2CC2)nc(C(C)C)c1Br. The summed E-state index contributed by atoms with van der Waals surface area (Å²) in [5.74, 6) is 2.65. The molecule has 1 N–H and O–H groups in total. The molecule has 0 aliphatic heterocycles. The normalized spacial score (nSPS) is 16.5. The van der Waals surface area contributed by atoms with Crippen molar-refractivity contribution in [3.8, 4) is 0 Å². The highest BCUT2D eigenvalue weighted by Gasteiger charge is 2.35. The number of anilines is 1. The lowest BCUT2D eigenvalue weighted by atomic mass is 10.1. The summed E-state index contributed by atoms with van der Waals surface area (Å²) in [5.41, 5.74) is 1.05. The molecule has 4 nitrogen and oxygen atoms in total. The van der Waals surface area contributed by atoms with Crippen LogP contribution in [-0.4, -0.2) is 23.6 Å². The summed E-state index contributed by atoms with van der Waals surface area (Å²) in [7, 11) is 1.75. The summed E-state index contributed by atoms with van der Waals surface area (Å²) >= 11 is 3.64. The number of rotatable bonds is 7. The lowest BCUT2D eigenvalue weighted by Gasteiger charge is -2.19. The van der Waals surface area contributed by atoms with Crippen molar-refractivity contribution in [2.24, 2.45) is 5.92 Å². The van der Waals surface area contributed by atoms with Crippen molar-refractivity contribution in [3.05, 3.63) is 16.0 Å². The Morgan fingerprint density at radius 2 is 2.05 bits per heavy atom. The van der Waals surface area contributed by atoms with E-state index in [1.54, 1.807) is 7.11 Å². The molecule has 5 heteroatoms. The van der Waals surface area contributed by atoms with Crippen LogP contribution in [0.4, 0.5) is 5.82 Å². The summed E-state index contributed by atoms with van der Waals surface area (Å²) in [5, 5.41) is 3.38. The predicted molar refractivity (Wildman–Crippen MR) is 85.1 cm³/mol. The van der Waals surface area contributed by atoms with E-state index in [-0.39, 0.29) is 6.10 Å². The summed E-state index contributed by atoms with van der Waals surface area (Å²) < 4.78 is 6.61. The fourth-order valence-corrected chi connectivity index (χ4v) is 3.04. The van der Waals surface area contributed by atoms with E-state index >= 15 is 0 Å². The Morgan fingerprint density at radius 3 is 2.55 bits per heavy atom. The fourth-order valence-electron chi connectivity index (χ4n) is 2.26. The number of aromatic nitrogens is 2. The average molecular weight is 342 g/mol. The van der Waals surface area contributed by atoms with Gasteiger partial charge in [-0.1, -0.05) is 20.8 Å². The van der Waals surface area contributed by atoms with Crippen LogP contribution in [0, 0.1) is 5.92 Å². The smallest absolute Gasteiger partial charge is 0.160 e. The molecule has 0 aromatic carbocycles. The van der Waals surface area contributed by atoms with E-state index < -0.39 is 0 Å². The van der Waals surface area contributed by atoms with Gasteiger partial charge in [-0.25, -0.2) is 9.97 Å². The third kappa shape index (κ3) is 3.50. The Bertz CT molecular complexity index is 461. The first-order chi connectivity index (χ1) is 9.58. The van der Waals surface area contributed by atoms with Crippen molar-refractivity contribution in [1.82, 2.24) is 9.97 Å². The van der Waals surface area contributed by atoms with E-state index in [4.69, 9.17) is 14.7 Å². The maximum Gasteiger partial charge on any atom is 0.160 e. The number of halogens is 1. The van der Waals surface area contributed by atoms with Gasteiger partial charge in [0.2, 0.25) is 0 Å². The Labute approximate surface area is 129 Å². The Balaban J connectivity index is 2.37. The van der Waals surface area contributed by atoms with E-state index in [1.807, 2.05) is 0 Å². The van der Waals surface area contributed by atoms with Crippen LogP contribution in [0.2, 0.25) is 0 Å². The molecule has 2 rings (SSSR count). The minimum Gasteiger partial charge on any atom is -0.373 e. The van der Waals surface area contributed by atoms with Gasteiger partial charge >= 0.3 is 0 Å². The van der Waals surface area contributed by atoms with Crippen molar-refractivity contribution in [1.29, 1.82) is 0 Å². The molecular weight excluding hydrogens is 318 g/mol. The van der Waals surface area contributed by atoms with Crippen molar-refractivity contribution in [3.63, 3.8) is 0 Å². The minimum atomic E-state index is 0.0303. The van der Waals surface area contributed by atoms with Crippen LogP contribution >= 0.6 is 15.9 Å². The first kappa shape index (κ1) is 15.7. The zero-order chi connectivity index (χ0) is 14.7. The Hall–Kier alpha value is -0.680. The number of nitrogens with one attached hydrogen (secondary N) is 1. The number of hydrogen-bond donors (Lipinski definition) is 1. The molecule has 0 bridgehead atoms. The molecule has 1 unspecified atom stereocenters. The van der Waals surface area contributed by atoms with E-state index in [0.717, 1.165) is 34.8 Å². The van der Waals surface area contributed by atoms with Gasteiger partial charge in [0.15, 0.2) is 5.82 Å². The molecule has 1 aromatic rings. The standard InChI is InChI=1S/C15H24BrN3O/c1-5-8-17-14-11(16)12(9(2)3)18-15(19-14)13(20-4)10-6-7-10/h9-10,13H,5-8H2,1-4H3,(H,17,18,19). The number of methoxy groups -OCH3 is 1. The average Bonchev–Trinajstić information content (AvgIpc) is 3.23. The molecule has 1 aliphatic rings. The first-order valence-corrected chi connectivity index (χ1v) is 8.21. The van der Waals surface area contributed by atoms with E-state index in [9.17, 15) is 0 Å². The molecule has 0 spiro atoms. The second kappa shape index (κ2) is 6.85. The summed E-state index contributed by atoms with van der Waals surface area (Å²) in [4.78, 5) is 9.44. The first-order valence-electron chi connectivity index (χ1n) is 7.42. The molecule has 1 aliphatic carbocycles. The van der Waals surface area contributed by atoms with Gasteiger partial charge in [-0.2, -0.15) is 0 Å². The van der Waals surface area contributed by atoms with Gasteiger partial charge in [0, 0.05) is 13.7 Å². The summed E-state index contributed by atoms with van der Waals surface area (Å²) in [6, 6.07) is 0. The maximum atomic E-state index is 5.63. The predicted octanol–water partition coefficient (Wildman–Crippen LogP) is 4.28. The van der Waals surface area contributed by atoms with Gasteiger partial charge < -0.3 is 10.1 Å². The van der Waals surface area contributed by atoms with Crippen molar-refractivity contribution >= 4 is 21.7 Å². The summed E-state index contributed by atoms with van der Waals surface area (Å²) in [6.07, 6.45) is 3.53. The summed E-state index contributed by atoms with van der Waals surface area (Å²) in [6.45, 7) is 7.36. The monoisotopic (exact) mass is 341 g/mol. The number of ether oxygens (including phenoxy) is 1. The lowest BCUT2D eigenvalue weighted by Crippen LogP contribution is -2.14. The van der Waals surface area contributed by atoms with Crippen molar-refractivity contribution in [2.75, 3.05) is 19.0 Å². The van der Waals surface area contributed by atoms with E-state index in [0.29, 0.717) is 11.8 Å². The number of nitrogens with zero attached hydrogens (tertiary/aromatic N) is 2. The minimum absolute atomic E-state index is 0.0303. The van der Waals surface area contributed by atoms with Gasteiger partial charge in [-0.3, -0.25) is 0 Å². The van der Waals surface area contributed by atoms with Crippen LogP contribution in [-0.2, 0) is 4.74 Å².